The first-order chi connectivity index (χ1) is 11.5. The van der Waals surface area contributed by atoms with Crippen LogP contribution in [0.3, 0.4) is 0 Å². The molecule has 0 atom stereocenters. The van der Waals surface area contributed by atoms with E-state index >= 15 is 0 Å². The zero-order valence-electron chi connectivity index (χ0n) is 14.5. The monoisotopic (exact) mass is 475 g/mol. The Bertz CT molecular complexity index is 740. The summed E-state index contributed by atoms with van der Waals surface area (Å²) < 4.78 is 13.3. The van der Waals surface area contributed by atoms with Crippen molar-refractivity contribution < 1.29 is 9.50 Å². The third-order valence-corrected chi connectivity index (χ3v) is 4.40. The third-order valence-electron chi connectivity index (χ3n) is 3.58. The summed E-state index contributed by atoms with van der Waals surface area (Å²) in [6.07, 6.45) is 2.06. The number of hydrogen-bond donors (Lipinski definition) is 3. The maximum atomic E-state index is 13.3. The van der Waals surface area contributed by atoms with Gasteiger partial charge in [-0.15, -0.1) is 35.7 Å². The molecule has 25 heavy (non-hydrogen) atoms. The Hall–Kier alpha value is -1.48. The number of nitrogens with one attached hydrogen (secondary N) is 2. The molecule has 2 aromatic carbocycles. The lowest BCUT2D eigenvalue weighted by Gasteiger charge is -2.14. The van der Waals surface area contributed by atoms with Crippen LogP contribution in [0, 0.1) is 12.7 Å². The van der Waals surface area contributed by atoms with Gasteiger partial charge in [0.1, 0.15) is 0 Å². The summed E-state index contributed by atoms with van der Waals surface area (Å²) in [4.78, 5) is 5.41. The van der Waals surface area contributed by atoms with Crippen molar-refractivity contribution in [2.75, 3.05) is 13.3 Å². The smallest absolute Gasteiger partial charge is 0.191 e. The van der Waals surface area contributed by atoms with Crippen molar-refractivity contribution in [2.45, 2.75) is 24.9 Å². The Labute approximate surface area is 169 Å². The molecule has 0 aliphatic carbocycles. The maximum absolute atomic E-state index is 13.3. The summed E-state index contributed by atoms with van der Waals surface area (Å²) in [7, 11) is 1.69. The maximum Gasteiger partial charge on any atom is 0.191 e. The van der Waals surface area contributed by atoms with E-state index < -0.39 is 5.82 Å². The molecule has 2 rings (SSSR count). The van der Waals surface area contributed by atoms with Gasteiger partial charge in [-0.3, -0.25) is 4.99 Å². The molecule has 0 unspecified atom stereocenters. The van der Waals surface area contributed by atoms with Crippen LogP contribution < -0.4 is 10.6 Å². The number of phenols is 1. The van der Waals surface area contributed by atoms with Crippen molar-refractivity contribution in [3.63, 3.8) is 0 Å². The second-order valence-electron chi connectivity index (χ2n) is 5.38. The molecular formula is C18H23FIN3OS. The molecule has 0 bridgehead atoms. The van der Waals surface area contributed by atoms with E-state index in [1.54, 1.807) is 24.9 Å². The predicted octanol–water partition coefficient (Wildman–Crippen LogP) is 4.04. The van der Waals surface area contributed by atoms with Gasteiger partial charge in [0.15, 0.2) is 17.5 Å². The van der Waals surface area contributed by atoms with E-state index in [1.165, 1.54) is 28.2 Å². The predicted molar refractivity (Wildman–Crippen MR) is 113 cm³/mol. The highest BCUT2D eigenvalue weighted by Crippen LogP contribution is 2.21. The van der Waals surface area contributed by atoms with Gasteiger partial charge in [-0.1, -0.05) is 18.2 Å². The molecule has 0 heterocycles. The highest BCUT2D eigenvalue weighted by Gasteiger charge is 2.05. The Morgan fingerprint density at radius 2 is 1.88 bits per heavy atom. The normalized spacial score (nSPS) is 11.0. The van der Waals surface area contributed by atoms with Gasteiger partial charge >= 0.3 is 0 Å². The lowest BCUT2D eigenvalue weighted by Crippen LogP contribution is -2.36. The Morgan fingerprint density at radius 3 is 2.52 bits per heavy atom. The molecular weight excluding hydrogens is 452 g/mol. The highest BCUT2D eigenvalue weighted by atomic mass is 127. The summed E-state index contributed by atoms with van der Waals surface area (Å²) in [5, 5.41) is 15.6. The van der Waals surface area contributed by atoms with Crippen molar-refractivity contribution in [2.24, 2.45) is 4.99 Å². The summed E-state index contributed by atoms with van der Waals surface area (Å²) in [6.45, 7) is 3.15. The van der Waals surface area contributed by atoms with Crippen LogP contribution in [0.1, 0.15) is 16.7 Å². The zero-order valence-corrected chi connectivity index (χ0v) is 17.6. The number of phenolic OH excluding ortho intramolecular Hbond substituents is 1. The number of aliphatic imine (C=N–C) groups is 1. The van der Waals surface area contributed by atoms with Crippen molar-refractivity contribution in [3.05, 3.63) is 58.9 Å². The van der Waals surface area contributed by atoms with Gasteiger partial charge in [0.25, 0.3) is 0 Å². The Morgan fingerprint density at radius 1 is 1.16 bits per heavy atom. The lowest BCUT2D eigenvalue weighted by molar-refractivity contribution is 0.431. The molecule has 136 valence electrons. The van der Waals surface area contributed by atoms with E-state index in [9.17, 15) is 9.50 Å². The second kappa shape index (κ2) is 10.5. The fraction of sp³-hybridized carbons (Fsp3) is 0.278. The van der Waals surface area contributed by atoms with E-state index in [0.717, 1.165) is 5.56 Å². The molecule has 0 aliphatic rings. The van der Waals surface area contributed by atoms with Gasteiger partial charge in [0.05, 0.1) is 0 Å². The number of rotatable bonds is 5. The minimum absolute atomic E-state index is 0. The summed E-state index contributed by atoms with van der Waals surface area (Å²) in [6, 6.07) is 10.7. The summed E-state index contributed by atoms with van der Waals surface area (Å²) >= 11 is 1.72. The van der Waals surface area contributed by atoms with Crippen molar-refractivity contribution in [1.82, 2.24) is 10.6 Å². The molecule has 0 radical (unpaired) electrons. The molecule has 0 spiro atoms. The van der Waals surface area contributed by atoms with E-state index in [2.05, 4.69) is 47.0 Å². The van der Waals surface area contributed by atoms with Crippen LogP contribution in [-0.2, 0) is 13.1 Å². The minimum atomic E-state index is -0.624. The largest absolute Gasteiger partial charge is 0.505 e. The van der Waals surface area contributed by atoms with E-state index in [0.29, 0.717) is 19.0 Å². The number of benzene rings is 2. The number of hydrogen-bond acceptors (Lipinski definition) is 3. The van der Waals surface area contributed by atoms with Crippen LogP contribution in [0.2, 0.25) is 0 Å². The average Bonchev–Trinajstić information content (AvgIpc) is 2.58. The van der Waals surface area contributed by atoms with Crippen LogP contribution in [0.25, 0.3) is 0 Å². The molecule has 0 saturated heterocycles. The first-order valence-corrected chi connectivity index (χ1v) is 8.81. The van der Waals surface area contributed by atoms with Crippen molar-refractivity contribution in [3.8, 4) is 5.75 Å². The van der Waals surface area contributed by atoms with Gasteiger partial charge in [-0.2, -0.15) is 0 Å². The first-order valence-electron chi connectivity index (χ1n) is 7.59. The molecule has 3 N–H and O–H groups in total. The molecule has 4 nitrogen and oxygen atoms in total. The minimum Gasteiger partial charge on any atom is -0.505 e. The third kappa shape index (κ3) is 6.39. The van der Waals surface area contributed by atoms with Gasteiger partial charge in [-0.25, -0.2) is 4.39 Å². The van der Waals surface area contributed by atoms with Gasteiger partial charge < -0.3 is 15.7 Å². The number of thioether (sulfide) groups is 1. The van der Waals surface area contributed by atoms with Crippen molar-refractivity contribution >= 4 is 41.7 Å². The average molecular weight is 475 g/mol. The van der Waals surface area contributed by atoms with Crippen LogP contribution >= 0.6 is 35.7 Å². The van der Waals surface area contributed by atoms with E-state index in [1.807, 2.05) is 0 Å². The molecule has 7 heteroatoms. The summed E-state index contributed by atoms with van der Waals surface area (Å²) in [5.41, 5.74) is 3.17. The van der Waals surface area contributed by atoms with E-state index in [-0.39, 0.29) is 29.7 Å². The molecule has 0 saturated carbocycles. The van der Waals surface area contributed by atoms with Crippen molar-refractivity contribution in [1.29, 1.82) is 0 Å². The SMILES string of the molecule is CN=C(NCc1ccc(O)c(F)c1)NCc1ccc(C)cc1SC.I. The lowest BCUT2D eigenvalue weighted by atomic mass is 10.1. The number of halogens is 2. The number of aryl methyl sites for hydroxylation is 1. The molecule has 2 aromatic rings. The van der Waals surface area contributed by atoms with Gasteiger partial charge in [0.2, 0.25) is 0 Å². The van der Waals surface area contributed by atoms with Gasteiger partial charge in [0, 0.05) is 25.0 Å². The quantitative estimate of drug-likeness (QED) is 0.265. The van der Waals surface area contributed by atoms with Crippen LogP contribution in [-0.4, -0.2) is 24.4 Å². The molecule has 0 fully saturated rings. The number of guanidine groups is 1. The molecule has 0 aliphatic heterocycles. The molecule has 0 amide bonds. The Balaban J connectivity index is 0.00000312. The summed E-state index contributed by atoms with van der Waals surface area (Å²) in [5.74, 6) is -0.331. The standard InChI is InChI=1S/C18H22FN3OS.HI/c1-12-4-6-14(17(8-12)24-3)11-22-18(20-2)21-10-13-5-7-16(23)15(19)9-13;/h4-9,23H,10-11H2,1-3H3,(H2,20,21,22);1H. The second-order valence-corrected chi connectivity index (χ2v) is 6.23. The fourth-order valence-electron chi connectivity index (χ4n) is 2.24. The first kappa shape index (κ1) is 21.6. The Kier molecular flexibility index (Phi) is 9.05. The van der Waals surface area contributed by atoms with Crippen LogP contribution in [0.5, 0.6) is 5.75 Å². The van der Waals surface area contributed by atoms with Gasteiger partial charge in [-0.05, 0) is 48.1 Å². The topological polar surface area (TPSA) is 56.7 Å². The van der Waals surface area contributed by atoms with Crippen LogP contribution in [0.15, 0.2) is 46.3 Å². The van der Waals surface area contributed by atoms with E-state index in [4.69, 9.17) is 0 Å². The molecule has 0 aromatic heterocycles. The zero-order chi connectivity index (χ0) is 17.5. The fourth-order valence-corrected chi connectivity index (χ4v) is 2.95. The highest BCUT2D eigenvalue weighted by molar-refractivity contribution is 14.0. The number of aromatic hydroxyl groups is 1. The number of nitrogens with zero attached hydrogens (tertiary/aromatic N) is 1. The van der Waals surface area contributed by atoms with Crippen LogP contribution in [0.4, 0.5) is 4.39 Å².